The van der Waals surface area contributed by atoms with Gasteiger partial charge in [-0.2, -0.15) is 8.78 Å². The van der Waals surface area contributed by atoms with Crippen LogP contribution in [0.4, 0.5) is 14.5 Å². The number of carbonyl (C=O) groups excluding carboxylic acids is 2. The zero-order valence-electron chi connectivity index (χ0n) is 13.2. The number of anilines is 1. The molecule has 0 saturated heterocycles. The van der Waals surface area contributed by atoms with E-state index in [4.69, 9.17) is 0 Å². The average molecular weight is 346 g/mol. The van der Waals surface area contributed by atoms with Gasteiger partial charge < -0.3 is 15.4 Å². The molecule has 3 rings (SSSR count). The molecule has 1 fully saturated rings. The first kappa shape index (κ1) is 16.9. The first-order valence-electron chi connectivity index (χ1n) is 7.79. The number of carbonyl (C=O) groups is 2. The summed E-state index contributed by atoms with van der Waals surface area (Å²) in [4.78, 5) is 24.2. The predicted octanol–water partition coefficient (Wildman–Crippen LogP) is 3.43. The molecular formula is C18H16F2N2O3. The number of rotatable bonds is 6. The quantitative estimate of drug-likeness (QED) is 0.842. The summed E-state index contributed by atoms with van der Waals surface area (Å²) in [7, 11) is 0. The zero-order valence-corrected chi connectivity index (χ0v) is 13.2. The number of amides is 2. The summed E-state index contributed by atoms with van der Waals surface area (Å²) in [5, 5.41) is 5.46. The minimum atomic E-state index is -3.02. The Labute approximate surface area is 143 Å². The zero-order chi connectivity index (χ0) is 17.8. The molecule has 25 heavy (non-hydrogen) atoms. The standard InChI is InChI=1S/C18H16F2N2O3/c19-18(20)25-15-4-2-1-3-14(15)17(24)22-12-7-5-11(6-8-12)16(23)21-13-9-10-13/h1-8,13,18H,9-10H2,(H,21,23)(H,22,24). The summed E-state index contributed by atoms with van der Waals surface area (Å²) in [6.45, 7) is -3.02. The Morgan fingerprint density at radius 3 is 2.32 bits per heavy atom. The van der Waals surface area contributed by atoms with Gasteiger partial charge in [0.1, 0.15) is 5.75 Å². The van der Waals surface area contributed by atoms with E-state index in [0.717, 1.165) is 12.8 Å². The van der Waals surface area contributed by atoms with E-state index in [2.05, 4.69) is 15.4 Å². The minimum Gasteiger partial charge on any atom is -0.434 e. The Bertz CT molecular complexity index is 774. The Morgan fingerprint density at radius 1 is 1.00 bits per heavy atom. The molecule has 0 unspecified atom stereocenters. The van der Waals surface area contributed by atoms with E-state index in [-0.39, 0.29) is 23.3 Å². The molecule has 7 heteroatoms. The number of para-hydroxylation sites is 1. The molecular weight excluding hydrogens is 330 g/mol. The molecule has 5 nitrogen and oxygen atoms in total. The van der Waals surface area contributed by atoms with Gasteiger partial charge in [-0.15, -0.1) is 0 Å². The Balaban J connectivity index is 1.67. The van der Waals surface area contributed by atoms with Gasteiger partial charge in [0.25, 0.3) is 11.8 Å². The van der Waals surface area contributed by atoms with E-state index in [0.29, 0.717) is 11.3 Å². The van der Waals surface area contributed by atoms with E-state index in [9.17, 15) is 18.4 Å². The van der Waals surface area contributed by atoms with E-state index < -0.39 is 12.5 Å². The number of hydrogen-bond donors (Lipinski definition) is 2. The van der Waals surface area contributed by atoms with Crippen molar-refractivity contribution in [2.24, 2.45) is 0 Å². The van der Waals surface area contributed by atoms with Crippen LogP contribution in [-0.2, 0) is 0 Å². The lowest BCUT2D eigenvalue weighted by atomic mass is 10.1. The lowest BCUT2D eigenvalue weighted by Gasteiger charge is -2.11. The summed E-state index contributed by atoms with van der Waals surface area (Å²) in [5.74, 6) is -0.932. The van der Waals surface area contributed by atoms with Crippen LogP contribution in [0.2, 0.25) is 0 Å². The monoisotopic (exact) mass is 346 g/mol. The van der Waals surface area contributed by atoms with E-state index in [1.165, 1.54) is 18.2 Å². The fraction of sp³-hybridized carbons (Fsp3) is 0.222. The summed E-state index contributed by atoms with van der Waals surface area (Å²) in [5.41, 5.74) is 0.935. The molecule has 130 valence electrons. The number of hydrogen-bond acceptors (Lipinski definition) is 3. The highest BCUT2D eigenvalue weighted by Crippen LogP contribution is 2.22. The van der Waals surface area contributed by atoms with E-state index in [1.54, 1.807) is 30.3 Å². The fourth-order valence-corrected chi connectivity index (χ4v) is 2.25. The maximum atomic E-state index is 12.4. The minimum absolute atomic E-state index is 0.00153. The molecule has 2 amide bonds. The van der Waals surface area contributed by atoms with Gasteiger partial charge in [0, 0.05) is 17.3 Å². The molecule has 0 bridgehead atoms. The number of alkyl halides is 2. The Morgan fingerprint density at radius 2 is 1.68 bits per heavy atom. The second-order valence-corrected chi connectivity index (χ2v) is 5.65. The third-order valence-corrected chi connectivity index (χ3v) is 3.67. The highest BCUT2D eigenvalue weighted by Gasteiger charge is 2.23. The van der Waals surface area contributed by atoms with E-state index in [1.807, 2.05) is 0 Å². The average Bonchev–Trinajstić information content (AvgIpc) is 3.39. The normalized spacial score (nSPS) is 13.4. The molecule has 2 N–H and O–H groups in total. The molecule has 1 aliphatic rings. The third kappa shape index (κ3) is 4.53. The molecule has 2 aromatic rings. The van der Waals surface area contributed by atoms with Crippen molar-refractivity contribution in [3.8, 4) is 5.75 Å². The van der Waals surface area contributed by atoms with Crippen molar-refractivity contribution in [1.82, 2.24) is 5.32 Å². The Kier molecular flexibility index (Phi) is 4.92. The molecule has 1 saturated carbocycles. The highest BCUT2D eigenvalue weighted by atomic mass is 19.3. The first-order chi connectivity index (χ1) is 12.0. The molecule has 1 aliphatic carbocycles. The van der Waals surface area contributed by atoms with Gasteiger partial charge in [-0.3, -0.25) is 9.59 Å². The van der Waals surface area contributed by atoms with Crippen LogP contribution in [0.15, 0.2) is 48.5 Å². The maximum absolute atomic E-state index is 12.4. The summed E-state index contributed by atoms with van der Waals surface area (Å²) in [6.07, 6.45) is 2.00. The van der Waals surface area contributed by atoms with Gasteiger partial charge in [0.05, 0.1) is 5.56 Å². The summed E-state index contributed by atoms with van der Waals surface area (Å²) >= 11 is 0. The van der Waals surface area contributed by atoms with Crippen molar-refractivity contribution in [3.63, 3.8) is 0 Å². The van der Waals surface area contributed by atoms with Crippen molar-refractivity contribution < 1.29 is 23.1 Å². The van der Waals surface area contributed by atoms with Gasteiger partial charge >= 0.3 is 6.61 Å². The number of ether oxygens (including phenoxy) is 1. The maximum Gasteiger partial charge on any atom is 0.387 e. The van der Waals surface area contributed by atoms with Gasteiger partial charge in [-0.05, 0) is 49.2 Å². The molecule has 0 heterocycles. The van der Waals surface area contributed by atoms with Crippen LogP contribution in [0, 0.1) is 0 Å². The number of halogens is 2. The smallest absolute Gasteiger partial charge is 0.387 e. The molecule has 0 atom stereocenters. The van der Waals surface area contributed by atoms with Crippen LogP contribution >= 0.6 is 0 Å². The van der Waals surface area contributed by atoms with Crippen molar-refractivity contribution >= 4 is 17.5 Å². The van der Waals surface area contributed by atoms with Gasteiger partial charge in [0.15, 0.2) is 0 Å². The largest absolute Gasteiger partial charge is 0.434 e. The predicted molar refractivity (Wildman–Crippen MR) is 88.0 cm³/mol. The summed E-state index contributed by atoms with van der Waals surface area (Å²) < 4.78 is 29.2. The lowest BCUT2D eigenvalue weighted by molar-refractivity contribution is -0.0501. The van der Waals surface area contributed by atoms with Gasteiger partial charge in [-0.1, -0.05) is 12.1 Å². The molecule has 2 aromatic carbocycles. The van der Waals surface area contributed by atoms with Gasteiger partial charge in [0.2, 0.25) is 0 Å². The Hall–Kier alpha value is -2.96. The van der Waals surface area contributed by atoms with Crippen molar-refractivity contribution in [3.05, 3.63) is 59.7 Å². The fourth-order valence-electron chi connectivity index (χ4n) is 2.25. The third-order valence-electron chi connectivity index (χ3n) is 3.67. The van der Waals surface area contributed by atoms with E-state index >= 15 is 0 Å². The second-order valence-electron chi connectivity index (χ2n) is 5.65. The van der Waals surface area contributed by atoms with Crippen LogP contribution in [-0.4, -0.2) is 24.5 Å². The first-order valence-corrected chi connectivity index (χ1v) is 7.79. The molecule has 0 aromatic heterocycles. The second kappa shape index (κ2) is 7.29. The van der Waals surface area contributed by atoms with Gasteiger partial charge in [-0.25, -0.2) is 0 Å². The molecule has 0 spiro atoms. The van der Waals surface area contributed by atoms with Crippen molar-refractivity contribution in [2.45, 2.75) is 25.5 Å². The number of nitrogens with one attached hydrogen (secondary N) is 2. The number of benzene rings is 2. The SMILES string of the molecule is O=C(NC1CC1)c1ccc(NC(=O)c2ccccc2OC(F)F)cc1. The van der Waals surface area contributed by atoms with Crippen LogP contribution in [0.3, 0.4) is 0 Å². The van der Waals surface area contributed by atoms with Crippen molar-refractivity contribution in [1.29, 1.82) is 0 Å². The molecule has 0 aliphatic heterocycles. The van der Waals surface area contributed by atoms with Crippen molar-refractivity contribution in [2.75, 3.05) is 5.32 Å². The lowest BCUT2D eigenvalue weighted by Crippen LogP contribution is -2.25. The van der Waals surface area contributed by atoms with Crippen LogP contribution < -0.4 is 15.4 Å². The van der Waals surface area contributed by atoms with Crippen LogP contribution in [0.5, 0.6) is 5.75 Å². The highest BCUT2D eigenvalue weighted by molar-refractivity contribution is 6.06. The topological polar surface area (TPSA) is 67.4 Å². The summed E-state index contributed by atoms with van der Waals surface area (Å²) in [6, 6.07) is 12.4. The molecule has 0 radical (unpaired) electrons. The van der Waals surface area contributed by atoms with Crippen LogP contribution in [0.1, 0.15) is 33.6 Å². The van der Waals surface area contributed by atoms with Crippen LogP contribution in [0.25, 0.3) is 0 Å².